The van der Waals surface area contributed by atoms with E-state index in [0.717, 1.165) is 35.8 Å². The van der Waals surface area contributed by atoms with Crippen molar-refractivity contribution in [3.05, 3.63) is 67.8 Å². The number of amides is 1. The first-order valence-corrected chi connectivity index (χ1v) is 8.24. The molecule has 1 aromatic heterocycles. The quantitative estimate of drug-likeness (QED) is 0.396. The number of fused-ring (bicyclic) bond motifs is 1. The van der Waals surface area contributed by atoms with Crippen LogP contribution in [0.5, 0.6) is 5.75 Å². The Morgan fingerprint density at radius 2 is 2.12 bits per heavy atom. The van der Waals surface area contributed by atoms with Gasteiger partial charge in [-0.05, 0) is 24.3 Å². The van der Waals surface area contributed by atoms with E-state index in [1.165, 1.54) is 18.2 Å². The molecular weight excluding hydrogens is 385 g/mol. The average molecular weight is 394 g/mol. The van der Waals surface area contributed by atoms with Crippen molar-refractivity contribution in [3.63, 3.8) is 0 Å². The Bertz CT molecular complexity index is 1070. The number of nitro benzene ring substituents is 1. The monoisotopic (exact) mass is 393 g/mol. The summed E-state index contributed by atoms with van der Waals surface area (Å²) < 4.78 is 13.8. The number of thiophene rings is 1. The molecule has 0 radical (unpaired) electrons. The first kappa shape index (κ1) is 17.8. The number of non-ortho nitro benzene ring substituents is 1. The van der Waals surface area contributed by atoms with Crippen molar-refractivity contribution in [2.45, 2.75) is 0 Å². The van der Waals surface area contributed by atoms with Gasteiger partial charge in [0.25, 0.3) is 11.6 Å². The van der Waals surface area contributed by atoms with Gasteiger partial charge in [0.05, 0.1) is 16.2 Å². The Morgan fingerprint density at radius 1 is 1.35 bits per heavy atom. The Hall–Kier alpha value is -3.04. The van der Waals surface area contributed by atoms with E-state index in [1.807, 2.05) is 0 Å². The third-order valence-corrected chi connectivity index (χ3v) is 5.05. The summed E-state index contributed by atoms with van der Waals surface area (Å²) in [5.41, 5.74) is 2.05. The molecule has 0 bridgehead atoms. The Morgan fingerprint density at radius 3 is 2.85 bits per heavy atom. The van der Waals surface area contributed by atoms with E-state index in [-0.39, 0.29) is 26.9 Å². The van der Waals surface area contributed by atoms with Gasteiger partial charge in [-0.15, -0.1) is 11.3 Å². The molecule has 10 heteroatoms. The molecule has 3 aromatic rings. The van der Waals surface area contributed by atoms with Crippen molar-refractivity contribution in [2.24, 2.45) is 5.10 Å². The van der Waals surface area contributed by atoms with Gasteiger partial charge in [0.2, 0.25) is 0 Å². The number of phenolic OH excluding ortho intramolecular Hbond substituents is 1. The average Bonchev–Trinajstić information content (AvgIpc) is 2.92. The van der Waals surface area contributed by atoms with E-state index in [0.29, 0.717) is 10.1 Å². The molecule has 0 saturated carbocycles. The highest BCUT2D eigenvalue weighted by atomic mass is 35.5. The van der Waals surface area contributed by atoms with Crippen LogP contribution in [0.2, 0.25) is 5.02 Å². The van der Waals surface area contributed by atoms with E-state index in [1.54, 1.807) is 0 Å². The normalized spacial score (nSPS) is 11.2. The summed E-state index contributed by atoms with van der Waals surface area (Å²) >= 11 is 7.15. The molecule has 0 atom stereocenters. The minimum atomic E-state index is -0.627. The minimum Gasteiger partial charge on any atom is -0.507 e. The SMILES string of the molecule is O=C(N/N=C\c1cc([N+](=O)[O-])ccc1O)c1sc2cc(F)ccc2c1Cl. The topological polar surface area (TPSA) is 105 Å². The molecule has 0 unspecified atom stereocenters. The Balaban J connectivity index is 1.81. The third kappa shape index (κ3) is 3.48. The molecule has 2 N–H and O–H groups in total. The number of phenols is 1. The van der Waals surface area contributed by atoms with E-state index in [9.17, 15) is 24.4 Å². The van der Waals surface area contributed by atoms with Gasteiger partial charge in [0.15, 0.2) is 0 Å². The number of benzene rings is 2. The Kier molecular flexibility index (Phi) is 4.83. The van der Waals surface area contributed by atoms with Crippen molar-refractivity contribution in [2.75, 3.05) is 0 Å². The molecular formula is C16H9ClFN3O4S. The number of nitrogens with one attached hydrogen (secondary N) is 1. The summed E-state index contributed by atoms with van der Waals surface area (Å²) in [5, 5.41) is 24.8. The summed E-state index contributed by atoms with van der Waals surface area (Å²) in [4.78, 5) is 22.5. The van der Waals surface area contributed by atoms with Crippen LogP contribution in [0.1, 0.15) is 15.2 Å². The molecule has 0 aliphatic heterocycles. The summed E-state index contributed by atoms with van der Waals surface area (Å²) in [6.45, 7) is 0. The number of hydrazone groups is 1. The van der Waals surface area contributed by atoms with Crippen molar-refractivity contribution in [1.29, 1.82) is 0 Å². The van der Waals surface area contributed by atoms with Crippen molar-refractivity contribution < 1.29 is 19.2 Å². The second kappa shape index (κ2) is 7.06. The van der Waals surface area contributed by atoms with E-state index < -0.39 is 16.6 Å². The van der Waals surface area contributed by atoms with Crippen LogP contribution in [0.15, 0.2) is 41.5 Å². The number of halogens is 2. The number of carbonyl (C=O) groups excluding carboxylic acids is 1. The molecule has 0 aliphatic carbocycles. The predicted octanol–water partition coefficient (Wildman–Crippen LogP) is 4.07. The van der Waals surface area contributed by atoms with Gasteiger partial charge in [-0.3, -0.25) is 14.9 Å². The van der Waals surface area contributed by atoms with Crippen LogP contribution in [0, 0.1) is 15.9 Å². The fraction of sp³-hybridized carbons (Fsp3) is 0. The van der Waals surface area contributed by atoms with Gasteiger partial charge in [0, 0.05) is 27.8 Å². The maximum absolute atomic E-state index is 13.3. The van der Waals surface area contributed by atoms with Crippen molar-refractivity contribution in [3.8, 4) is 5.75 Å². The molecule has 1 amide bonds. The fourth-order valence-corrected chi connectivity index (χ4v) is 3.59. The molecule has 0 saturated heterocycles. The van der Waals surface area contributed by atoms with E-state index in [2.05, 4.69) is 10.5 Å². The van der Waals surface area contributed by atoms with Crippen LogP contribution in [-0.2, 0) is 0 Å². The van der Waals surface area contributed by atoms with E-state index in [4.69, 9.17) is 11.6 Å². The van der Waals surface area contributed by atoms with Gasteiger partial charge in [0.1, 0.15) is 16.4 Å². The zero-order valence-corrected chi connectivity index (χ0v) is 14.3. The number of nitro groups is 1. The first-order chi connectivity index (χ1) is 12.4. The van der Waals surface area contributed by atoms with Gasteiger partial charge < -0.3 is 5.11 Å². The molecule has 0 fully saturated rings. The summed E-state index contributed by atoms with van der Waals surface area (Å²) in [6.07, 6.45) is 1.07. The maximum atomic E-state index is 13.3. The number of nitrogens with zero attached hydrogens (tertiary/aromatic N) is 2. The first-order valence-electron chi connectivity index (χ1n) is 7.05. The molecule has 0 spiro atoms. The second-order valence-electron chi connectivity index (χ2n) is 5.09. The summed E-state index contributed by atoms with van der Waals surface area (Å²) in [7, 11) is 0. The zero-order valence-electron chi connectivity index (χ0n) is 12.8. The predicted molar refractivity (Wildman–Crippen MR) is 96.6 cm³/mol. The standard InChI is InChI=1S/C16H9ClFN3O4S/c17-14-11-3-1-9(18)6-13(11)26-15(14)16(23)20-19-7-8-5-10(21(24)25)2-4-12(8)22/h1-7,22H,(H,20,23)/b19-7-. The molecule has 3 rings (SSSR count). The smallest absolute Gasteiger partial charge is 0.283 e. The highest BCUT2D eigenvalue weighted by Gasteiger charge is 2.17. The van der Waals surface area contributed by atoms with Gasteiger partial charge >= 0.3 is 0 Å². The summed E-state index contributed by atoms with van der Waals surface area (Å²) in [6, 6.07) is 7.39. The van der Waals surface area contributed by atoms with Crippen LogP contribution in [0.25, 0.3) is 10.1 Å². The number of hydrogen-bond donors (Lipinski definition) is 2. The highest BCUT2D eigenvalue weighted by molar-refractivity contribution is 7.21. The van der Waals surface area contributed by atoms with Crippen LogP contribution >= 0.6 is 22.9 Å². The van der Waals surface area contributed by atoms with E-state index >= 15 is 0 Å². The van der Waals surface area contributed by atoms with Crippen molar-refractivity contribution in [1.82, 2.24) is 5.43 Å². The number of carbonyl (C=O) groups is 1. The van der Waals surface area contributed by atoms with Gasteiger partial charge in [-0.25, -0.2) is 9.82 Å². The molecule has 132 valence electrons. The molecule has 26 heavy (non-hydrogen) atoms. The van der Waals surface area contributed by atoms with Crippen molar-refractivity contribution >= 4 is 50.8 Å². The maximum Gasteiger partial charge on any atom is 0.283 e. The highest BCUT2D eigenvalue weighted by Crippen LogP contribution is 2.35. The molecule has 2 aromatic carbocycles. The van der Waals surface area contributed by atoms with Crippen LogP contribution < -0.4 is 5.43 Å². The van der Waals surface area contributed by atoms with Crippen LogP contribution in [0.3, 0.4) is 0 Å². The lowest BCUT2D eigenvalue weighted by atomic mass is 10.2. The molecule has 7 nitrogen and oxygen atoms in total. The minimum absolute atomic E-state index is 0.0593. The zero-order chi connectivity index (χ0) is 18.8. The van der Waals surface area contributed by atoms with Gasteiger partial charge in [-0.1, -0.05) is 11.6 Å². The number of rotatable bonds is 4. The number of hydrogen-bond acceptors (Lipinski definition) is 6. The Labute approximate surface area is 154 Å². The van der Waals surface area contributed by atoms with Crippen LogP contribution in [-0.4, -0.2) is 22.2 Å². The largest absolute Gasteiger partial charge is 0.507 e. The van der Waals surface area contributed by atoms with Crippen LogP contribution in [0.4, 0.5) is 10.1 Å². The number of aromatic hydroxyl groups is 1. The fourth-order valence-electron chi connectivity index (χ4n) is 2.16. The lowest BCUT2D eigenvalue weighted by Crippen LogP contribution is -2.16. The lowest BCUT2D eigenvalue weighted by molar-refractivity contribution is -0.384. The molecule has 0 aliphatic rings. The second-order valence-corrected chi connectivity index (χ2v) is 6.52. The van der Waals surface area contributed by atoms with Gasteiger partial charge in [-0.2, -0.15) is 5.10 Å². The molecule has 1 heterocycles. The lowest BCUT2D eigenvalue weighted by Gasteiger charge is -2.00. The third-order valence-electron chi connectivity index (χ3n) is 3.39. The summed E-state index contributed by atoms with van der Waals surface area (Å²) in [5.74, 6) is -1.30.